The van der Waals surface area contributed by atoms with Crippen LogP contribution in [-0.4, -0.2) is 12.6 Å². The number of hydrogen-bond donors (Lipinski definition) is 1. The number of carbonyl (C=O) groups excluding carboxylic acids is 1. The van der Waals surface area contributed by atoms with Crippen LogP contribution < -0.4 is 5.73 Å². The van der Waals surface area contributed by atoms with E-state index in [1.807, 2.05) is 0 Å². The zero-order valence-corrected chi connectivity index (χ0v) is 11.1. The van der Waals surface area contributed by atoms with Crippen LogP contribution in [0.2, 0.25) is 0 Å². The highest BCUT2D eigenvalue weighted by molar-refractivity contribution is 9.10. The van der Waals surface area contributed by atoms with E-state index in [4.69, 9.17) is 10.5 Å². The second kappa shape index (κ2) is 5.89. The number of carbonyl (C=O) groups is 1. The van der Waals surface area contributed by atoms with Crippen LogP contribution in [0, 0.1) is 5.92 Å². The molecule has 0 aliphatic heterocycles. The lowest BCUT2D eigenvalue weighted by molar-refractivity contribution is 0.0487. The van der Waals surface area contributed by atoms with Gasteiger partial charge in [-0.15, -0.1) is 0 Å². The first-order valence-corrected chi connectivity index (χ1v) is 6.02. The molecule has 1 aromatic carbocycles. The molecule has 1 rings (SSSR count). The third kappa shape index (κ3) is 3.85. The number of nitrogens with two attached hydrogens (primary N) is 1. The Kier molecular flexibility index (Phi) is 4.80. The maximum atomic E-state index is 11.7. The molecule has 4 heteroatoms. The largest absolute Gasteiger partial charge is 0.462 e. The lowest BCUT2D eigenvalue weighted by Gasteiger charge is -2.08. The Bertz CT molecular complexity index is 377. The number of anilines is 1. The number of nitrogen functional groups attached to an aromatic ring is 1. The average Bonchev–Trinajstić information content (AvgIpc) is 2.21. The number of rotatable bonds is 4. The van der Waals surface area contributed by atoms with Crippen LogP contribution >= 0.6 is 15.9 Å². The van der Waals surface area contributed by atoms with Gasteiger partial charge in [-0.3, -0.25) is 0 Å². The fourth-order valence-corrected chi connectivity index (χ4v) is 1.57. The summed E-state index contributed by atoms with van der Waals surface area (Å²) in [5.41, 5.74) is 6.64. The van der Waals surface area contributed by atoms with Gasteiger partial charge in [-0.25, -0.2) is 4.79 Å². The van der Waals surface area contributed by atoms with Crippen LogP contribution in [0.5, 0.6) is 0 Å². The molecule has 0 radical (unpaired) electrons. The first-order valence-electron chi connectivity index (χ1n) is 5.23. The van der Waals surface area contributed by atoms with Gasteiger partial charge < -0.3 is 10.5 Å². The summed E-state index contributed by atoms with van der Waals surface area (Å²) in [6.45, 7) is 4.62. The van der Waals surface area contributed by atoms with Gasteiger partial charge in [-0.2, -0.15) is 0 Å². The molecule has 2 N–H and O–H groups in total. The van der Waals surface area contributed by atoms with E-state index >= 15 is 0 Å². The minimum Gasteiger partial charge on any atom is -0.462 e. The molecule has 0 amide bonds. The molecule has 1 aromatic rings. The zero-order chi connectivity index (χ0) is 12.1. The van der Waals surface area contributed by atoms with Crippen molar-refractivity contribution in [2.24, 2.45) is 5.92 Å². The second-order valence-corrected chi connectivity index (χ2v) is 4.91. The van der Waals surface area contributed by atoms with Gasteiger partial charge in [-0.1, -0.05) is 13.8 Å². The Morgan fingerprint density at radius 3 is 2.81 bits per heavy atom. The van der Waals surface area contributed by atoms with Crippen LogP contribution in [0.15, 0.2) is 22.7 Å². The Balaban J connectivity index is 2.62. The summed E-state index contributed by atoms with van der Waals surface area (Å²) < 4.78 is 5.86. The van der Waals surface area contributed by atoms with E-state index in [1.165, 1.54) is 0 Å². The summed E-state index contributed by atoms with van der Waals surface area (Å²) in [7, 11) is 0. The first-order chi connectivity index (χ1) is 7.50. The Hall–Kier alpha value is -1.03. The Morgan fingerprint density at radius 1 is 1.50 bits per heavy atom. The maximum Gasteiger partial charge on any atom is 0.339 e. The van der Waals surface area contributed by atoms with E-state index in [1.54, 1.807) is 18.2 Å². The molecule has 0 unspecified atom stereocenters. The molecule has 88 valence electrons. The molecule has 0 heterocycles. The third-order valence-corrected chi connectivity index (χ3v) is 2.83. The van der Waals surface area contributed by atoms with Crippen LogP contribution in [0.1, 0.15) is 30.6 Å². The smallest absolute Gasteiger partial charge is 0.339 e. The monoisotopic (exact) mass is 285 g/mol. The lowest BCUT2D eigenvalue weighted by atomic mass is 10.1. The summed E-state index contributed by atoms with van der Waals surface area (Å²) in [5, 5.41) is 0. The fourth-order valence-electron chi connectivity index (χ4n) is 1.16. The molecular weight excluding hydrogens is 270 g/mol. The number of hydrogen-bond acceptors (Lipinski definition) is 3. The molecule has 0 saturated heterocycles. The highest BCUT2D eigenvalue weighted by Gasteiger charge is 2.11. The summed E-state index contributed by atoms with van der Waals surface area (Å²) in [6, 6.07) is 5.09. The minimum atomic E-state index is -0.333. The molecule has 0 aliphatic rings. The standard InChI is InChI=1S/C12H16BrNO2/c1-8(2)5-6-16-12(15)10-7-9(14)3-4-11(10)13/h3-4,7-8H,5-6,14H2,1-2H3. The summed E-state index contributed by atoms with van der Waals surface area (Å²) in [5.74, 6) is 0.192. The van der Waals surface area contributed by atoms with Crippen molar-refractivity contribution in [1.82, 2.24) is 0 Å². The minimum absolute atomic E-state index is 0.333. The van der Waals surface area contributed by atoms with Gasteiger partial charge in [0.15, 0.2) is 0 Å². The number of benzene rings is 1. The van der Waals surface area contributed by atoms with Gasteiger partial charge in [0, 0.05) is 10.2 Å². The van der Waals surface area contributed by atoms with E-state index in [0.29, 0.717) is 28.2 Å². The maximum absolute atomic E-state index is 11.7. The van der Waals surface area contributed by atoms with Gasteiger partial charge in [0.05, 0.1) is 12.2 Å². The predicted octanol–water partition coefficient (Wildman–Crippen LogP) is 3.23. The van der Waals surface area contributed by atoms with Gasteiger partial charge in [0.1, 0.15) is 0 Å². The summed E-state index contributed by atoms with van der Waals surface area (Å²) >= 11 is 3.30. The number of esters is 1. The van der Waals surface area contributed by atoms with E-state index < -0.39 is 0 Å². The van der Waals surface area contributed by atoms with Crippen LogP contribution in [0.25, 0.3) is 0 Å². The van der Waals surface area contributed by atoms with Crippen LogP contribution in [0.4, 0.5) is 5.69 Å². The highest BCUT2D eigenvalue weighted by Crippen LogP contribution is 2.20. The van der Waals surface area contributed by atoms with Crippen molar-refractivity contribution < 1.29 is 9.53 Å². The van der Waals surface area contributed by atoms with Gasteiger partial charge in [0.25, 0.3) is 0 Å². The van der Waals surface area contributed by atoms with Crippen molar-refractivity contribution in [3.63, 3.8) is 0 Å². The zero-order valence-electron chi connectivity index (χ0n) is 9.50. The second-order valence-electron chi connectivity index (χ2n) is 4.06. The van der Waals surface area contributed by atoms with Crippen LogP contribution in [0.3, 0.4) is 0 Å². The molecule has 0 fully saturated rings. The Labute approximate surface area is 104 Å². The molecule has 0 saturated carbocycles. The van der Waals surface area contributed by atoms with E-state index in [9.17, 15) is 4.79 Å². The van der Waals surface area contributed by atoms with Crippen molar-refractivity contribution in [2.75, 3.05) is 12.3 Å². The molecule has 0 bridgehead atoms. The van der Waals surface area contributed by atoms with Crippen molar-refractivity contribution in [2.45, 2.75) is 20.3 Å². The molecule has 16 heavy (non-hydrogen) atoms. The number of ether oxygens (including phenoxy) is 1. The van der Waals surface area contributed by atoms with Gasteiger partial charge in [-0.05, 0) is 46.5 Å². The summed E-state index contributed by atoms with van der Waals surface area (Å²) in [6.07, 6.45) is 0.867. The number of halogens is 1. The van der Waals surface area contributed by atoms with Crippen molar-refractivity contribution in [1.29, 1.82) is 0 Å². The van der Waals surface area contributed by atoms with Crippen molar-refractivity contribution in [3.05, 3.63) is 28.2 Å². The summed E-state index contributed by atoms with van der Waals surface area (Å²) in [4.78, 5) is 11.7. The van der Waals surface area contributed by atoms with Gasteiger partial charge >= 0.3 is 5.97 Å². The molecule has 0 atom stereocenters. The van der Waals surface area contributed by atoms with E-state index in [-0.39, 0.29) is 5.97 Å². The third-order valence-electron chi connectivity index (χ3n) is 2.14. The Morgan fingerprint density at radius 2 is 2.19 bits per heavy atom. The SMILES string of the molecule is CC(C)CCOC(=O)c1cc(N)ccc1Br. The lowest BCUT2D eigenvalue weighted by Crippen LogP contribution is -2.09. The molecular formula is C12H16BrNO2. The molecule has 0 aromatic heterocycles. The predicted molar refractivity (Wildman–Crippen MR) is 68.3 cm³/mol. The van der Waals surface area contributed by atoms with Gasteiger partial charge in [0.2, 0.25) is 0 Å². The van der Waals surface area contributed by atoms with E-state index in [2.05, 4.69) is 29.8 Å². The quantitative estimate of drug-likeness (QED) is 0.683. The average molecular weight is 286 g/mol. The molecule has 0 spiro atoms. The normalized spacial score (nSPS) is 10.5. The van der Waals surface area contributed by atoms with Crippen molar-refractivity contribution in [3.8, 4) is 0 Å². The molecule has 0 aliphatic carbocycles. The highest BCUT2D eigenvalue weighted by atomic mass is 79.9. The molecule has 3 nitrogen and oxygen atoms in total. The first kappa shape index (κ1) is 13.0. The topological polar surface area (TPSA) is 52.3 Å². The van der Waals surface area contributed by atoms with Crippen molar-refractivity contribution >= 4 is 27.6 Å². The van der Waals surface area contributed by atoms with Crippen LogP contribution in [-0.2, 0) is 4.74 Å². The fraction of sp³-hybridized carbons (Fsp3) is 0.417. The van der Waals surface area contributed by atoms with E-state index in [0.717, 1.165) is 6.42 Å².